The second-order valence-electron chi connectivity index (χ2n) is 4.14. The van der Waals surface area contributed by atoms with E-state index >= 15 is 0 Å². The topological polar surface area (TPSA) is 55.1 Å². The molecule has 0 radical (unpaired) electrons. The Balaban J connectivity index is 2.58. The highest BCUT2D eigenvalue weighted by atomic mass is 32.2. The fourth-order valence-electron chi connectivity index (χ4n) is 0.843. The number of hydrogen-bond acceptors (Lipinski definition) is 3. The smallest absolute Gasteiger partial charge is 0.124 e. The molecule has 1 aromatic rings. The van der Waals surface area contributed by atoms with E-state index in [0.717, 1.165) is 5.69 Å². The number of aromatic nitrogens is 1. The Labute approximate surface area is 86.6 Å². The third-order valence-electron chi connectivity index (χ3n) is 1.74. The molecule has 0 aliphatic heterocycles. The minimum absolute atomic E-state index is 0.0613. The molecular weight excluding hydrogens is 200 g/mol. The van der Waals surface area contributed by atoms with Gasteiger partial charge in [-0.05, 0) is 27.7 Å². The molecule has 5 heteroatoms. The van der Waals surface area contributed by atoms with Crippen molar-refractivity contribution in [3.8, 4) is 0 Å². The molecule has 4 nitrogen and oxygen atoms in total. The van der Waals surface area contributed by atoms with Gasteiger partial charge in [0, 0.05) is 6.07 Å². The van der Waals surface area contributed by atoms with Crippen LogP contribution in [0.5, 0.6) is 0 Å². The first-order valence-corrected chi connectivity index (χ1v) is 5.64. The van der Waals surface area contributed by atoms with Crippen LogP contribution in [0.1, 0.15) is 39.4 Å². The van der Waals surface area contributed by atoms with Gasteiger partial charge in [-0.2, -0.15) is 0 Å². The predicted molar refractivity (Wildman–Crippen MR) is 55.9 cm³/mol. The maximum Gasteiger partial charge on any atom is 0.124 e. The summed E-state index contributed by atoms with van der Waals surface area (Å²) in [6, 6.07) is 1.70. The van der Waals surface area contributed by atoms with E-state index in [1.807, 2.05) is 27.7 Å². The van der Waals surface area contributed by atoms with E-state index in [1.54, 1.807) is 6.07 Å². The van der Waals surface area contributed by atoms with Crippen molar-refractivity contribution in [3.63, 3.8) is 0 Å². The molecule has 1 N–H and O–H groups in total. The largest absolute Gasteiger partial charge is 0.364 e. The second kappa shape index (κ2) is 4.23. The summed E-state index contributed by atoms with van der Waals surface area (Å²) in [5.74, 6) is 0. The van der Waals surface area contributed by atoms with Gasteiger partial charge in [-0.3, -0.25) is 0 Å². The standard InChI is InChI=1S/C9H16N2O2S/c1-7(8-5-6-13-10-8)11-14(12)9(2,3)4/h5-7,11H,1-4H3. The van der Waals surface area contributed by atoms with Gasteiger partial charge in [0.2, 0.25) is 0 Å². The summed E-state index contributed by atoms with van der Waals surface area (Å²) in [7, 11) is -1.08. The molecular formula is C9H16N2O2S. The zero-order valence-corrected chi connectivity index (χ0v) is 9.72. The molecule has 0 aliphatic rings. The van der Waals surface area contributed by atoms with Gasteiger partial charge >= 0.3 is 0 Å². The van der Waals surface area contributed by atoms with Gasteiger partial charge in [0.15, 0.2) is 0 Å². The van der Waals surface area contributed by atoms with Crippen molar-refractivity contribution in [2.75, 3.05) is 0 Å². The second-order valence-corrected chi connectivity index (χ2v) is 6.14. The highest BCUT2D eigenvalue weighted by Gasteiger charge is 2.22. The summed E-state index contributed by atoms with van der Waals surface area (Å²) in [6.07, 6.45) is 1.51. The van der Waals surface area contributed by atoms with Crippen LogP contribution in [-0.2, 0) is 11.0 Å². The van der Waals surface area contributed by atoms with Crippen LogP contribution in [-0.4, -0.2) is 14.1 Å². The van der Waals surface area contributed by atoms with Crippen LogP contribution in [0, 0.1) is 0 Å². The van der Waals surface area contributed by atoms with Crippen LogP contribution in [0.3, 0.4) is 0 Å². The molecule has 0 saturated heterocycles. The zero-order valence-electron chi connectivity index (χ0n) is 8.90. The van der Waals surface area contributed by atoms with Crippen molar-refractivity contribution in [2.45, 2.75) is 38.5 Å². The molecule has 0 amide bonds. The number of nitrogens with one attached hydrogen (secondary N) is 1. The fraction of sp³-hybridized carbons (Fsp3) is 0.667. The molecule has 2 atom stereocenters. The SMILES string of the molecule is CC(NS(=O)C(C)(C)C)c1ccon1. The monoisotopic (exact) mass is 216 g/mol. The maximum atomic E-state index is 11.7. The Morgan fingerprint density at radius 3 is 2.64 bits per heavy atom. The van der Waals surface area contributed by atoms with E-state index in [-0.39, 0.29) is 10.8 Å². The average molecular weight is 216 g/mol. The van der Waals surface area contributed by atoms with E-state index in [2.05, 4.69) is 9.88 Å². The number of nitrogens with zero attached hydrogens (tertiary/aromatic N) is 1. The van der Waals surface area contributed by atoms with Crippen molar-refractivity contribution in [1.82, 2.24) is 9.88 Å². The quantitative estimate of drug-likeness (QED) is 0.838. The Kier molecular flexibility index (Phi) is 3.44. The first kappa shape index (κ1) is 11.4. The van der Waals surface area contributed by atoms with Crippen molar-refractivity contribution in [3.05, 3.63) is 18.0 Å². The molecule has 0 aromatic carbocycles. The molecule has 1 heterocycles. The van der Waals surface area contributed by atoms with E-state index in [4.69, 9.17) is 4.52 Å². The normalized spacial score (nSPS) is 16.6. The van der Waals surface area contributed by atoms with Gasteiger partial charge in [0.1, 0.15) is 12.0 Å². The number of rotatable bonds is 3. The van der Waals surface area contributed by atoms with Gasteiger partial charge in [-0.25, -0.2) is 8.93 Å². The number of hydrogen-bond donors (Lipinski definition) is 1. The lowest BCUT2D eigenvalue weighted by atomic mass is 10.3. The maximum absolute atomic E-state index is 11.7. The summed E-state index contributed by atoms with van der Waals surface area (Å²) < 4.78 is 19.1. The minimum Gasteiger partial charge on any atom is -0.364 e. The molecule has 80 valence electrons. The zero-order chi connectivity index (χ0) is 10.8. The van der Waals surface area contributed by atoms with Gasteiger partial charge < -0.3 is 4.52 Å². The minimum atomic E-state index is -1.08. The van der Waals surface area contributed by atoms with Crippen LogP contribution >= 0.6 is 0 Å². The summed E-state index contributed by atoms with van der Waals surface area (Å²) in [6.45, 7) is 7.67. The molecule has 1 aromatic heterocycles. The first-order valence-electron chi connectivity index (χ1n) is 4.49. The molecule has 0 saturated carbocycles. The molecule has 0 bridgehead atoms. The summed E-state index contributed by atoms with van der Waals surface area (Å²) in [5, 5.41) is 3.78. The molecule has 2 unspecified atom stereocenters. The third kappa shape index (κ3) is 2.92. The average Bonchev–Trinajstić information content (AvgIpc) is 2.53. The van der Waals surface area contributed by atoms with Crippen LogP contribution < -0.4 is 4.72 Å². The fourth-order valence-corrected chi connectivity index (χ4v) is 1.64. The Hall–Kier alpha value is -0.680. The Morgan fingerprint density at radius 1 is 1.57 bits per heavy atom. The van der Waals surface area contributed by atoms with Crippen molar-refractivity contribution >= 4 is 11.0 Å². The molecule has 0 spiro atoms. The first-order chi connectivity index (χ1) is 6.41. The summed E-state index contributed by atoms with van der Waals surface area (Å²) in [4.78, 5) is 0. The van der Waals surface area contributed by atoms with E-state index in [0.29, 0.717) is 0 Å². The van der Waals surface area contributed by atoms with Crippen LogP contribution in [0.15, 0.2) is 16.9 Å². The molecule has 14 heavy (non-hydrogen) atoms. The van der Waals surface area contributed by atoms with Crippen LogP contribution in [0.2, 0.25) is 0 Å². The summed E-state index contributed by atoms with van der Waals surface area (Å²) in [5.41, 5.74) is 0.766. The highest BCUT2D eigenvalue weighted by molar-refractivity contribution is 7.84. The molecule has 0 fully saturated rings. The van der Waals surface area contributed by atoms with Crippen molar-refractivity contribution in [2.24, 2.45) is 0 Å². The van der Waals surface area contributed by atoms with Crippen molar-refractivity contribution in [1.29, 1.82) is 0 Å². The van der Waals surface area contributed by atoms with Crippen LogP contribution in [0.25, 0.3) is 0 Å². The Morgan fingerprint density at radius 2 is 2.21 bits per heavy atom. The third-order valence-corrected chi connectivity index (χ3v) is 3.42. The highest BCUT2D eigenvalue weighted by Crippen LogP contribution is 2.15. The van der Waals surface area contributed by atoms with Gasteiger partial charge in [0.05, 0.1) is 21.8 Å². The van der Waals surface area contributed by atoms with E-state index in [9.17, 15) is 4.21 Å². The lowest BCUT2D eigenvalue weighted by molar-refractivity contribution is 0.405. The molecule has 1 rings (SSSR count). The Bertz CT molecular complexity index is 303. The van der Waals surface area contributed by atoms with Gasteiger partial charge in [-0.15, -0.1) is 0 Å². The predicted octanol–water partition coefficient (Wildman–Crippen LogP) is 1.79. The van der Waals surface area contributed by atoms with E-state index < -0.39 is 11.0 Å². The van der Waals surface area contributed by atoms with Gasteiger partial charge in [-0.1, -0.05) is 5.16 Å². The van der Waals surface area contributed by atoms with Crippen LogP contribution in [0.4, 0.5) is 0 Å². The van der Waals surface area contributed by atoms with E-state index in [1.165, 1.54) is 6.26 Å². The van der Waals surface area contributed by atoms with Gasteiger partial charge in [0.25, 0.3) is 0 Å². The van der Waals surface area contributed by atoms with Crippen molar-refractivity contribution < 1.29 is 8.73 Å². The summed E-state index contributed by atoms with van der Waals surface area (Å²) >= 11 is 0. The lowest BCUT2D eigenvalue weighted by Gasteiger charge is -2.20. The lowest BCUT2D eigenvalue weighted by Crippen LogP contribution is -2.34. The molecule has 0 aliphatic carbocycles.